The lowest BCUT2D eigenvalue weighted by Crippen LogP contribution is -2.31. The lowest BCUT2D eigenvalue weighted by Gasteiger charge is -2.31. The average molecular weight is 307 g/mol. The summed E-state index contributed by atoms with van der Waals surface area (Å²) in [5, 5.41) is 3.47. The summed E-state index contributed by atoms with van der Waals surface area (Å²) < 4.78 is 5.53. The van der Waals surface area contributed by atoms with Gasteiger partial charge < -0.3 is 10.1 Å². The van der Waals surface area contributed by atoms with Gasteiger partial charge >= 0.3 is 5.97 Å². The molecule has 118 valence electrons. The van der Waals surface area contributed by atoms with E-state index in [0.717, 1.165) is 16.8 Å². The van der Waals surface area contributed by atoms with E-state index in [-0.39, 0.29) is 11.5 Å². The predicted molar refractivity (Wildman–Crippen MR) is 93.9 cm³/mol. The highest BCUT2D eigenvalue weighted by Crippen LogP contribution is 2.35. The van der Waals surface area contributed by atoms with Gasteiger partial charge in [0.2, 0.25) is 0 Å². The number of hydrogen-bond donors (Lipinski definition) is 1. The average Bonchev–Trinajstić information content (AvgIpc) is 2.47. The van der Waals surface area contributed by atoms with Crippen LogP contribution in [0.2, 0.25) is 0 Å². The number of carbonyl (C=O) groups excluding carboxylic acids is 1. The van der Waals surface area contributed by atoms with Gasteiger partial charge in [-0.25, -0.2) is 4.79 Å². The maximum absolute atomic E-state index is 12.3. The fraction of sp³-hybridized carbons (Fsp3) is 0.250. The standard InChI is InChI=1S/C20H21NO2/c1-13-6-5-7-15(10-13)19(22)23-16-8-9-18-17(11-16)14(2)12-20(3,4)21-18/h5-12,21H,1-4H3. The fourth-order valence-electron chi connectivity index (χ4n) is 2.96. The number of aryl methyl sites for hydroxylation is 1. The Balaban J connectivity index is 1.86. The van der Waals surface area contributed by atoms with Crippen molar-refractivity contribution in [2.45, 2.75) is 33.2 Å². The number of allylic oxidation sites excluding steroid dienone is 1. The molecule has 0 bridgehead atoms. The molecule has 0 unspecified atom stereocenters. The van der Waals surface area contributed by atoms with E-state index in [1.807, 2.05) is 43.3 Å². The minimum absolute atomic E-state index is 0.0726. The number of hydrogen-bond acceptors (Lipinski definition) is 3. The SMILES string of the molecule is CC1=CC(C)(C)Nc2ccc(OC(=O)c3cccc(C)c3)cc21. The first-order chi connectivity index (χ1) is 10.8. The van der Waals surface area contributed by atoms with Gasteiger partial charge in [0.15, 0.2) is 0 Å². The molecule has 0 saturated carbocycles. The van der Waals surface area contributed by atoms with Crippen LogP contribution >= 0.6 is 0 Å². The Bertz CT molecular complexity index is 803. The number of rotatable bonds is 2. The zero-order chi connectivity index (χ0) is 16.6. The minimum Gasteiger partial charge on any atom is -0.423 e. The second kappa shape index (κ2) is 5.58. The summed E-state index contributed by atoms with van der Waals surface area (Å²) in [5.41, 5.74) is 4.84. The van der Waals surface area contributed by atoms with Crippen LogP contribution in [0, 0.1) is 6.92 Å². The van der Waals surface area contributed by atoms with Crippen molar-refractivity contribution in [3.8, 4) is 5.75 Å². The van der Waals surface area contributed by atoms with Crippen molar-refractivity contribution in [3.63, 3.8) is 0 Å². The van der Waals surface area contributed by atoms with E-state index >= 15 is 0 Å². The minimum atomic E-state index is -0.334. The topological polar surface area (TPSA) is 38.3 Å². The van der Waals surface area contributed by atoms with Crippen LogP contribution in [0.15, 0.2) is 48.5 Å². The summed E-state index contributed by atoms with van der Waals surface area (Å²) in [6.45, 7) is 8.29. The largest absolute Gasteiger partial charge is 0.423 e. The van der Waals surface area contributed by atoms with Crippen molar-refractivity contribution < 1.29 is 9.53 Å². The van der Waals surface area contributed by atoms with E-state index < -0.39 is 0 Å². The lowest BCUT2D eigenvalue weighted by atomic mass is 9.91. The second-order valence-corrected chi connectivity index (χ2v) is 6.64. The zero-order valence-electron chi connectivity index (χ0n) is 13.9. The Morgan fingerprint density at radius 3 is 2.61 bits per heavy atom. The quantitative estimate of drug-likeness (QED) is 0.638. The third-order valence-electron chi connectivity index (χ3n) is 3.91. The highest BCUT2D eigenvalue weighted by Gasteiger charge is 2.23. The lowest BCUT2D eigenvalue weighted by molar-refractivity contribution is 0.0734. The third kappa shape index (κ3) is 3.29. The fourth-order valence-corrected chi connectivity index (χ4v) is 2.96. The number of esters is 1. The first kappa shape index (κ1) is 15.3. The normalized spacial score (nSPS) is 15.2. The van der Waals surface area contributed by atoms with E-state index in [9.17, 15) is 4.79 Å². The molecule has 0 aliphatic carbocycles. The van der Waals surface area contributed by atoms with Crippen LogP contribution in [0.5, 0.6) is 5.75 Å². The number of anilines is 1. The molecule has 1 aliphatic rings. The number of fused-ring (bicyclic) bond motifs is 1. The molecule has 2 aromatic rings. The first-order valence-electron chi connectivity index (χ1n) is 7.75. The maximum atomic E-state index is 12.3. The molecule has 3 rings (SSSR count). The van der Waals surface area contributed by atoms with E-state index in [1.54, 1.807) is 6.07 Å². The Morgan fingerprint density at radius 1 is 1.09 bits per heavy atom. The van der Waals surface area contributed by atoms with Crippen molar-refractivity contribution in [2.24, 2.45) is 0 Å². The van der Waals surface area contributed by atoms with Gasteiger partial charge in [0.1, 0.15) is 5.75 Å². The van der Waals surface area contributed by atoms with Crippen LogP contribution in [0.25, 0.3) is 5.57 Å². The van der Waals surface area contributed by atoms with Gasteiger partial charge in [0.05, 0.1) is 11.1 Å². The Morgan fingerprint density at radius 2 is 1.87 bits per heavy atom. The summed E-state index contributed by atoms with van der Waals surface area (Å²) in [5.74, 6) is 0.226. The van der Waals surface area contributed by atoms with Gasteiger partial charge in [-0.05, 0) is 63.6 Å². The molecule has 1 N–H and O–H groups in total. The third-order valence-corrected chi connectivity index (χ3v) is 3.91. The zero-order valence-corrected chi connectivity index (χ0v) is 13.9. The molecule has 0 radical (unpaired) electrons. The highest BCUT2D eigenvalue weighted by atomic mass is 16.5. The van der Waals surface area contributed by atoms with E-state index in [1.165, 1.54) is 5.57 Å². The Kier molecular flexibility index (Phi) is 3.72. The monoisotopic (exact) mass is 307 g/mol. The maximum Gasteiger partial charge on any atom is 0.343 e. The van der Waals surface area contributed by atoms with Gasteiger partial charge in [0, 0.05) is 11.3 Å². The van der Waals surface area contributed by atoms with Gasteiger partial charge in [0.25, 0.3) is 0 Å². The van der Waals surface area contributed by atoms with Crippen molar-refractivity contribution in [1.82, 2.24) is 0 Å². The number of ether oxygens (including phenoxy) is 1. The van der Waals surface area contributed by atoms with Crippen LogP contribution in [0.3, 0.4) is 0 Å². The summed E-state index contributed by atoms with van der Waals surface area (Å²) in [6, 6.07) is 13.1. The molecule has 1 aliphatic heterocycles. The highest BCUT2D eigenvalue weighted by molar-refractivity contribution is 5.91. The van der Waals surface area contributed by atoms with Crippen LogP contribution in [0.1, 0.15) is 42.3 Å². The molecule has 0 atom stereocenters. The number of carbonyl (C=O) groups is 1. The van der Waals surface area contributed by atoms with Crippen molar-refractivity contribution in [3.05, 3.63) is 65.2 Å². The molecule has 0 amide bonds. The first-order valence-corrected chi connectivity index (χ1v) is 7.75. The summed E-state index contributed by atoms with van der Waals surface area (Å²) in [6.07, 6.45) is 2.18. The summed E-state index contributed by atoms with van der Waals surface area (Å²) in [4.78, 5) is 12.3. The summed E-state index contributed by atoms with van der Waals surface area (Å²) >= 11 is 0. The second-order valence-electron chi connectivity index (χ2n) is 6.64. The van der Waals surface area contributed by atoms with E-state index in [4.69, 9.17) is 4.74 Å². The van der Waals surface area contributed by atoms with Crippen LogP contribution in [0.4, 0.5) is 5.69 Å². The van der Waals surface area contributed by atoms with Crippen molar-refractivity contribution in [2.75, 3.05) is 5.32 Å². The molecule has 0 saturated heterocycles. The number of benzene rings is 2. The molecule has 0 spiro atoms. The molecule has 0 fully saturated rings. The summed E-state index contributed by atoms with van der Waals surface area (Å²) in [7, 11) is 0. The van der Waals surface area contributed by atoms with E-state index in [2.05, 4.69) is 32.2 Å². The predicted octanol–water partition coefficient (Wildman–Crippen LogP) is 4.82. The van der Waals surface area contributed by atoms with Crippen LogP contribution < -0.4 is 10.1 Å². The van der Waals surface area contributed by atoms with Crippen LogP contribution in [-0.4, -0.2) is 11.5 Å². The van der Waals surface area contributed by atoms with Crippen molar-refractivity contribution >= 4 is 17.2 Å². The molecule has 1 heterocycles. The molecular formula is C20H21NO2. The van der Waals surface area contributed by atoms with Crippen molar-refractivity contribution in [1.29, 1.82) is 0 Å². The van der Waals surface area contributed by atoms with Gasteiger partial charge in [-0.15, -0.1) is 0 Å². The van der Waals surface area contributed by atoms with Gasteiger partial charge in [-0.1, -0.05) is 23.8 Å². The number of nitrogens with one attached hydrogen (secondary N) is 1. The molecule has 0 aromatic heterocycles. The van der Waals surface area contributed by atoms with Gasteiger partial charge in [-0.3, -0.25) is 0 Å². The molecular weight excluding hydrogens is 286 g/mol. The Hall–Kier alpha value is -2.55. The molecule has 2 aromatic carbocycles. The van der Waals surface area contributed by atoms with Crippen LogP contribution in [-0.2, 0) is 0 Å². The molecule has 23 heavy (non-hydrogen) atoms. The smallest absolute Gasteiger partial charge is 0.343 e. The molecule has 3 heteroatoms. The Labute approximate surface area is 137 Å². The van der Waals surface area contributed by atoms with E-state index in [0.29, 0.717) is 11.3 Å². The molecule has 3 nitrogen and oxygen atoms in total. The van der Waals surface area contributed by atoms with Gasteiger partial charge in [-0.2, -0.15) is 0 Å².